The summed E-state index contributed by atoms with van der Waals surface area (Å²) in [4.78, 5) is 2.55. The monoisotopic (exact) mass is 237 g/mol. The van der Waals surface area contributed by atoms with Crippen LogP contribution in [0, 0.1) is 5.92 Å². The van der Waals surface area contributed by atoms with E-state index in [1.54, 1.807) is 0 Å². The zero-order chi connectivity index (χ0) is 12.1. The van der Waals surface area contributed by atoms with Crippen molar-refractivity contribution < 1.29 is 0 Å². The fourth-order valence-electron chi connectivity index (χ4n) is 2.21. The van der Waals surface area contributed by atoms with Gasteiger partial charge in [-0.3, -0.25) is 4.68 Å². The summed E-state index contributed by atoms with van der Waals surface area (Å²) in [7, 11) is 1.93. The second-order valence-electron chi connectivity index (χ2n) is 5.05. The van der Waals surface area contributed by atoms with Crippen molar-refractivity contribution in [2.45, 2.75) is 26.3 Å². The fraction of sp³-hybridized carbons (Fsp3) is 0.833. The average Bonchev–Trinajstić information content (AvgIpc) is 2.73. The van der Waals surface area contributed by atoms with E-state index in [0.717, 1.165) is 31.2 Å². The van der Waals surface area contributed by atoms with E-state index < -0.39 is 0 Å². The zero-order valence-corrected chi connectivity index (χ0v) is 10.9. The SMILES string of the molecule is CC1CCN(CCNCc2cnnn2C)CC1. The largest absolute Gasteiger partial charge is 0.310 e. The number of aryl methyl sites for hydroxylation is 1. The number of aromatic nitrogens is 3. The smallest absolute Gasteiger partial charge is 0.0738 e. The molecule has 17 heavy (non-hydrogen) atoms. The second-order valence-corrected chi connectivity index (χ2v) is 5.05. The highest BCUT2D eigenvalue weighted by Gasteiger charge is 2.14. The molecule has 1 N–H and O–H groups in total. The van der Waals surface area contributed by atoms with Crippen molar-refractivity contribution in [2.75, 3.05) is 26.2 Å². The van der Waals surface area contributed by atoms with Crippen molar-refractivity contribution in [1.29, 1.82) is 0 Å². The number of nitrogens with one attached hydrogen (secondary N) is 1. The Morgan fingerprint density at radius 3 is 2.82 bits per heavy atom. The van der Waals surface area contributed by atoms with Gasteiger partial charge >= 0.3 is 0 Å². The molecule has 0 bridgehead atoms. The molecule has 1 aromatic heterocycles. The van der Waals surface area contributed by atoms with Gasteiger partial charge in [-0.2, -0.15) is 0 Å². The molecule has 0 spiro atoms. The summed E-state index contributed by atoms with van der Waals surface area (Å²) in [5, 5.41) is 11.2. The van der Waals surface area contributed by atoms with Gasteiger partial charge in [0.05, 0.1) is 11.9 Å². The molecular weight excluding hydrogens is 214 g/mol. The summed E-state index contributed by atoms with van der Waals surface area (Å²) in [5.74, 6) is 0.916. The van der Waals surface area contributed by atoms with E-state index in [9.17, 15) is 0 Å². The first-order valence-electron chi connectivity index (χ1n) is 6.52. The minimum atomic E-state index is 0.855. The van der Waals surface area contributed by atoms with E-state index in [0.29, 0.717) is 0 Å². The van der Waals surface area contributed by atoms with Crippen molar-refractivity contribution in [2.24, 2.45) is 13.0 Å². The molecule has 0 aliphatic carbocycles. The quantitative estimate of drug-likeness (QED) is 0.763. The molecule has 96 valence electrons. The Morgan fingerprint density at radius 1 is 1.41 bits per heavy atom. The number of hydrogen-bond donors (Lipinski definition) is 1. The Morgan fingerprint density at radius 2 is 2.18 bits per heavy atom. The zero-order valence-electron chi connectivity index (χ0n) is 10.9. The first-order valence-corrected chi connectivity index (χ1v) is 6.52. The predicted molar refractivity (Wildman–Crippen MR) is 67.5 cm³/mol. The highest BCUT2D eigenvalue weighted by molar-refractivity contribution is 4.92. The second kappa shape index (κ2) is 6.12. The minimum Gasteiger partial charge on any atom is -0.310 e. The van der Waals surface area contributed by atoms with Gasteiger partial charge in [-0.25, -0.2) is 0 Å². The van der Waals surface area contributed by atoms with Gasteiger partial charge in [0.2, 0.25) is 0 Å². The molecule has 0 unspecified atom stereocenters. The number of piperidine rings is 1. The van der Waals surface area contributed by atoms with Crippen LogP contribution in [-0.2, 0) is 13.6 Å². The van der Waals surface area contributed by atoms with E-state index in [1.807, 2.05) is 17.9 Å². The standard InChI is InChI=1S/C12H23N5/c1-11-3-6-17(7-4-11)8-5-13-9-12-10-14-15-16(12)2/h10-11,13H,3-9H2,1-2H3. The summed E-state index contributed by atoms with van der Waals surface area (Å²) in [6, 6.07) is 0. The maximum Gasteiger partial charge on any atom is 0.0738 e. The van der Waals surface area contributed by atoms with Crippen LogP contribution in [0.4, 0.5) is 0 Å². The molecule has 1 saturated heterocycles. The third-order valence-corrected chi connectivity index (χ3v) is 3.60. The van der Waals surface area contributed by atoms with Gasteiger partial charge in [0.25, 0.3) is 0 Å². The lowest BCUT2D eigenvalue weighted by Crippen LogP contribution is -2.37. The molecule has 0 aromatic carbocycles. The van der Waals surface area contributed by atoms with Crippen LogP contribution in [-0.4, -0.2) is 46.1 Å². The van der Waals surface area contributed by atoms with E-state index in [4.69, 9.17) is 0 Å². The Bertz CT molecular complexity index is 327. The van der Waals surface area contributed by atoms with Crippen molar-refractivity contribution in [3.05, 3.63) is 11.9 Å². The Hall–Kier alpha value is -0.940. The molecule has 2 heterocycles. The van der Waals surface area contributed by atoms with Crippen molar-refractivity contribution in [3.63, 3.8) is 0 Å². The average molecular weight is 237 g/mol. The van der Waals surface area contributed by atoms with Gasteiger partial charge in [0.1, 0.15) is 0 Å². The Labute approximate surface area is 103 Å². The molecule has 1 fully saturated rings. The van der Waals surface area contributed by atoms with Gasteiger partial charge in [0, 0.05) is 26.7 Å². The third kappa shape index (κ3) is 3.78. The van der Waals surface area contributed by atoms with Crippen LogP contribution in [0.5, 0.6) is 0 Å². The van der Waals surface area contributed by atoms with Gasteiger partial charge < -0.3 is 10.2 Å². The van der Waals surface area contributed by atoms with Crippen LogP contribution >= 0.6 is 0 Å². The topological polar surface area (TPSA) is 46.0 Å². The third-order valence-electron chi connectivity index (χ3n) is 3.60. The lowest BCUT2D eigenvalue weighted by atomic mass is 9.99. The van der Waals surface area contributed by atoms with Crippen LogP contribution < -0.4 is 5.32 Å². The first kappa shape index (κ1) is 12.5. The highest BCUT2D eigenvalue weighted by Crippen LogP contribution is 2.14. The lowest BCUT2D eigenvalue weighted by Gasteiger charge is -2.30. The van der Waals surface area contributed by atoms with E-state index >= 15 is 0 Å². The molecule has 1 aromatic rings. The van der Waals surface area contributed by atoms with Gasteiger partial charge in [-0.1, -0.05) is 12.1 Å². The summed E-state index contributed by atoms with van der Waals surface area (Å²) in [6.07, 6.45) is 4.52. The molecule has 5 nitrogen and oxygen atoms in total. The highest BCUT2D eigenvalue weighted by atomic mass is 15.4. The molecule has 5 heteroatoms. The molecule has 0 saturated carbocycles. The van der Waals surface area contributed by atoms with Crippen LogP contribution in [0.25, 0.3) is 0 Å². The minimum absolute atomic E-state index is 0.855. The maximum atomic E-state index is 3.91. The van der Waals surface area contributed by atoms with Gasteiger partial charge in [-0.05, 0) is 31.8 Å². The predicted octanol–water partition coefficient (Wildman–Crippen LogP) is 0.637. The van der Waals surface area contributed by atoms with Crippen LogP contribution in [0.1, 0.15) is 25.5 Å². The number of nitrogens with zero attached hydrogens (tertiary/aromatic N) is 4. The molecule has 0 amide bonds. The Balaban J connectivity index is 1.59. The molecule has 1 aliphatic heterocycles. The summed E-state index contributed by atoms with van der Waals surface area (Å²) < 4.78 is 1.82. The maximum absolute atomic E-state index is 3.91. The molecular formula is C12H23N5. The van der Waals surface area contributed by atoms with E-state index in [2.05, 4.69) is 27.5 Å². The van der Waals surface area contributed by atoms with Crippen molar-refractivity contribution in [3.8, 4) is 0 Å². The number of rotatable bonds is 5. The molecule has 0 radical (unpaired) electrons. The van der Waals surface area contributed by atoms with Crippen molar-refractivity contribution >= 4 is 0 Å². The number of likely N-dealkylation sites (tertiary alicyclic amines) is 1. The molecule has 2 rings (SSSR count). The summed E-state index contributed by atoms with van der Waals surface area (Å²) >= 11 is 0. The van der Waals surface area contributed by atoms with E-state index in [-0.39, 0.29) is 0 Å². The van der Waals surface area contributed by atoms with Gasteiger partial charge in [-0.15, -0.1) is 5.10 Å². The molecule has 1 aliphatic rings. The van der Waals surface area contributed by atoms with Crippen molar-refractivity contribution in [1.82, 2.24) is 25.2 Å². The fourth-order valence-corrected chi connectivity index (χ4v) is 2.21. The van der Waals surface area contributed by atoms with Crippen LogP contribution in [0.15, 0.2) is 6.20 Å². The van der Waals surface area contributed by atoms with E-state index in [1.165, 1.54) is 25.9 Å². The normalized spacial score (nSPS) is 18.7. The Kier molecular flexibility index (Phi) is 4.50. The number of hydrogen-bond acceptors (Lipinski definition) is 4. The lowest BCUT2D eigenvalue weighted by molar-refractivity contribution is 0.193. The molecule has 0 atom stereocenters. The van der Waals surface area contributed by atoms with Gasteiger partial charge in [0.15, 0.2) is 0 Å². The summed E-state index contributed by atoms with van der Waals surface area (Å²) in [5.41, 5.74) is 1.14. The van der Waals surface area contributed by atoms with Crippen LogP contribution in [0.2, 0.25) is 0 Å². The first-order chi connectivity index (χ1) is 8.25. The summed E-state index contributed by atoms with van der Waals surface area (Å²) in [6.45, 7) is 7.92. The van der Waals surface area contributed by atoms with Crippen LogP contribution in [0.3, 0.4) is 0 Å².